The molecule has 2 atom stereocenters. The SMILES string of the molecule is CCOP(=O)(CC)OC(C)N. The van der Waals surface area contributed by atoms with Crippen LogP contribution in [0.5, 0.6) is 0 Å². The molecule has 0 aliphatic rings. The first kappa shape index (κ1) is 11.1. The first-order valence-corrected chi connectivity index (χ1v) is 5.44. The summed E-state index contributed by atoms with van der Waals surface area (Å²) < 4.78 is 21.3. The largest absolute Gasteiger partial charge is 0.331 e. The van der Waals surface area contributed by atoms with Crippen LogP contribution < -0.4 is 5.73 Å². The van der Waals surface area contributed by atoms with Gasteiger partial charge in [0, 0.05) is 6.16 Å². The van der Waals surface area contributed by atoms with Crippen molar-refractivity contribution in [3.05, 3.63) is 0 Å². The Morgan fingerprint density at radius 1 is 1.55 bits per heavy atom. The van der Waals surface area contributed by atoms with E-state index in [1.165, 1.54) is 0 Å². The number of hydrogen-bond donors (Lipinski definition) is 1. The molecule has 2 N–H and O–H groups in total. The Kier molecular flexibility index (Phi) is 4.93. The summed E-state index contributed by atoms with van der Waals surface area (Å²) in [7, 11) is -2.88. The highest BCUT2D eigenvalue weighted by molar-refractivity contribution is 7.53. The van der Waals surface area contributed by atoms with Crippen LogP contribution in [0, 0.1) is 0 Å². The lowest BCUT2D eigenvalue weighted by atomic mass is 10.7. The zero-order chi connectivity index (χ0) is 8.91. The molecule has 4 nitrogen and oxygen atoms in total. The molecule has 11 heavy (non-hydrogen) atoms. The topological polar surface area (TPSA) is 61.5 Å². The summed E-state index contributed by atoms with van der Waals surface area (Å²) in [6.07, 6.45) is -0.171. The van der Waals surface area contributed by atoms with E-state index in [1.807, 2.05) is 0 Å². The first-order valence-electron chi connectivity index (χ1n) is 3.71. The minimum atomic E-state index is -2.88. The molecule has 68 valence electrons. The van der Waals surface area contributed by atoms with E-state index in [-0.39, 0.29) is 0 Å². The van der Waals surface area contributed by atoms with Crippen molar-refractivity contribution in [3.8, 4) is 0 Å². The maximum atomic E-state index is 11.5. The van der Waals surface area contributed by atoms with Gasteiger partial charge in [-0.15, -0.1) is 0 Å². The number of hydrogen-bond acceptors (Lipinski definition) is 4. The minimum Gasteiger partial charge on any atom is -0.309 e. The summed E-state index contributed by atoms with van der Waals surface area (Å²) in [6.45, 7) is 5.53. The Hall–Kier alpha value is 0.110. The second kappa shape index (κ2) is 4.88. The van der Waals surface area contributed by atoms with Crippen LogP contribution in [0.15, 0.2) is 0 Å². The fourth-order valence-electron chi connectivity index (χ4n) is 0.646. The second-order valence-electron chi connectivity index (χ2n) is 2.16. The predicted molar refractivity (Wildman–Crippen MR) is 44.5 cm³/mol. The Labute approximate surface area is 67.6 Å². The van der Waals surface area contributed by atoms with Crippen LogP contribution in [0.3, 0.4) is 0 Å². The van der Waals surface area contributed by atoms with Gasteiger partial charge < -0.3 is 10.3 Å². The van der Waals surface area contributed by atoms with Crippen molar-refractivity contribution in [2.45, 2.75) is 27.0 Å². The Bertz CT molecular complexity index is 149. The lowest BCUT2D eigenvalue weighted by Crippen LogP contribution is -2.18. The summed E-state index contributed by atoms with van der Waals surface area (Å²) >= 11 is 0. The average Bonchev–Trinajstić information content (AvgIpc) is 1.87. The van der Waals surface area contributed by atoms with Gasteiger partial charge in [0.05, 0.1) is 6.61 Å². The van der Waals surface area contributed by atoms with Crippen LogP contribution in [0.25, 0.3) is 0 Å². The summed E-state index contributed by atoms with van der Waals surface area (Å²) in [5.41, 5.74) is 5.31. The summed E-state index contributed by atoms with van der Waals surface area (Å²) in [5.74, 6) is 0. The molecule has 0 aromatic carbocycles. The van der Waals surface area contributed by atoms with Crippen molar-refractivity contribution in [3.63, 3.8) is 0 Å². The fraction of sp³-hybridized carbons (Fsp3) is 1.00. The third kappa shape index (κ3) is 4.53. The van der Waals surface area contributed by atoms with E-state index in [4.69, 9.17) is 14.8 Å². The van der Waals surface area contributed by atoms with Crippen molar-refractivity contribution in [2.75, 3.05) is 12.8 Å². The van der Waals surface area contributed by atoms with Gasteiger partial charge in [0.2, 0.25) is 0 Å². The van der Waals surface area contributed by atoms with Crippen molar-refractivity contribution >= 4 is 7.60 Å². The lowest BCUT2D eigenvalue weighted by Gasteiger charge is -2.17. The molecule has 0 saturated heterocycles. The Morgan fingerprint density at radius 2 is 2.09 bits per heavy atom. The van der Waals surface area contributed by atoms with Gasteiger partial charge in [-0.3, -0.25) is 9.09 Å². The van der Waals surface area contributed by atoms with E-state index in [0.717, 1.165) is 0 Å². The molecule has 2 unspecified atom stereocenters. The minimum absolute atomic E-state index is 0.363. The second-order valence-corrected chi connectivity index (χ2v) is 4.48. The van der Waals surface area contributed by atoms with Crippen LogP contribution in [-0.2, 0) is 13.6 Å². The van der Waals surface area contributed by atoms with Crippen molar-refractivity contribution in [1.82, 2.24) is 0 Å². The van der Waals surface area contributed by atoms with Gasteiger partial charge in [0.1, 0.15) is 6.23 Å². The van der Waals surface area contributed by atoms with Gasteiger partial charge in [-0.05, 0) is 13.8 Å². The van der Waals surface area contributed by atoms with Gasteiger partial charge >= 0.3 is 7.60 Å². The van der Waals surface area contributed by atoms with Crippen molar-refractivity contribution in [2.24, 2.45) is 5.73 Å². The van der Waals surface area contributed by atoms with Gasteiger partial charge in [-0.2, -0.15) is 0 Å². The van der Waals surface area contributed by atoms with Gasteiger partial charge in [0.15, 0.2) is 0 Å². The smallest absolute Gasteiger partial charge is 0.309 e. The van der Waals surface area contributed by atoms with E-state index >= 15 is 0 Å². The maximum absolute atomic E-state index is 11.5. The van der Waals surface area contributed by atoms with Crippen LogP contribution in [0.2, 0.25) is 0 Å². The predicted octanol–water partition coefficient (Wildman–Crippen LogP) is 1.56. The van der Waals surface area contributed by atoms with Gasteiger partial charge in [0.25, 0.3) is 0 Å². The molecular weight excluding hydrogens is 165 g/mol. The van der Waals surface area contributed by atoms with Crippen LogP contribution >= 0.6 is 7.60 Å². The number of rotatable bonds is 5. The molecule has 0 radical (unpaired) electrons. The zero-order valence-electron chi connectivity index (χ0n) is 7.24. The number of nitrogens with two attached hydrogens (primary N) is 1. The van der Waals surface area contributed by atoms with Gasteiger partial charge in [-0.1, -0.05) is 6.92 Å². The fourth-order valence-corrected chi connectivity index (χ4v) is 1.94. The third-order valence-electron chi connectivity index (χ3n) is 1.04. The molecule has 0 bridgehead atoms. The maximum Gasteiger partial charge on any atom is 0.331 e. The molecular formula is C6H16NO3P. The summed E-state index contributed by atoms with van der Waals surface area (Å²) in [4.78, 5) is 0. The molecule has 0 saturated carbocycles. The van der Waals surface area contributed by atoms with Crippen molar-refractivity contribution < 1.29 is 13.6 Å². The monoisotopic (exact) mass is 181 g/mol. The zero-order valence-corrected chi connectivity index (χ0v) is 8.14. The van der Waals surface area contributed by atoms with E-state index in [2.05, 4.69) is 0 Å². The molecule has 0 amide bonds. The molecule has 0 aliphatic carbocycles. The molecule has 0 heterocycles. The highest BCUT2D eigenvalue weighted by Gasteiger charge is 2.22. The molecule has 0 fully saturated rings. The molecule has 0 aliphatic heterocycles. The van der Waals surface area contributed by atoms with E-state index in [9.17, 15) is 4.57 Å². The normalized spacial score (nSPS) is 19.3. The lowest BCUT2D eigenvalue weighted by molar-refractivity contribution is 0.167. The third-order valence-corrected chi connectivity index (χ3v) is 3.12. The molecule has 0 rings (SSSR count). The Balaban J connectivity index is 4.00. The van der Waals surface area contributed by atoms with Crippen LogP contribution in [-0.4, -0.2) is 19.0 Å². The average molecular weight is 181 g/mol. The highest BCUT2D eigenvalue weighted by atomic mass is 31.2. The van der Waals surface area contributed by atoms with Gasteiger partial charge in [-0.25, -0.2) is 0 Å². The van der Waals surface area contributed by atoms with Crippen molar-refractivity contribution in [1.29, 1.82) is 0 Å². The summed E-state index contributed by atoms with van der Waals surface area (Å²) in [6, 6.07) is 0. The standard InChI is InChI=1S/C6H16NO3P/c1-4-9-11(8,5-2)10-6(3)7/h6H,4-5,7H2,1-3H3. The first-order chi connectivity index (χ1) is 5.04. The van der Waals surface area contributed by atoms with E-state index in [0.29, 0.717) is 12.8 Å². The Morgan fingerprint density at radius 3 is 2.36 bits per heavy atom. The molecule has 0 aromatic rings. The highest BCUT2D eigenvalue weighted by Crippen LogP contribution is 2.47. The molecule has 5 heteroatoms. The molecule has 0 spiro atoms. The van der Waals surface area contributed by atoms with Crippen LogP contribution in [0.4, 0.5) is 0 Å². The molecule has 0 aromatic heterocycles. The van der Waals surface area contributed by atoms with E-state index < -0.39 is 13.8 Å². The van der Waals surface area contributed by atoms with Crippen LogP contribution in [0.1, 0.15) is 20.8 Å². The summed E-state index contributed by atoms with van der Waals surface area (Å²) in [5, 5.41) is 0. The quantitative estimate of drug-likeness (QED) is 0.516. The van der Waals surface area contributed by atoms with E-state index in [1.54, 1.807) is 20.8 Å².